The topological polar surface area (TPSA) is 35.2 Å². The van der Waals surface area contributed by atoms with Crippen LogP contribution in [0.4, 0.5) is 0 Å². The van der Waals surface area contributed by atoms with Gasteiger partial charge in [0.05, 0.1) is 12.6 Å². The summed E-state index contributed by atoms with van der Waals surface area (Å²) in [5.74, 6) is 0.880. The van der Waals surface area contributed by atoms with E-state index < -0.39 is 0 Å². The first kappa shape index (κ1) is 16.1. The summed E-state index contributed by atoms with van der Waals surface area (Å²) in [5, 5.41) is 0. The average Bonchev–Trinajstić information content (AvgIpc) is 2.49. The zero-order valence-electron chi connectivity index (χ0n) is 12.8. The van der Waals surface area contributed by atoms with Crippen molar-refractivity contribution < 1.29 is 4.74 Å². The van der Waals surface area contributed by atoms with Gasteiger partial charge < -0.3 is 10.5 Å². The van der Waals surface area contributed by atoms with E-state index >= 15 is 0 Å². The molecular weight excluding hydrogens is 326 g/mol. The van der Waals surface area contributed by atoms with E-state index in [2.05, 4.69) is 48.8 Å². The second-order valence-electron chi connectivity index (χ2n) is 5.33. The molecule has 0 aliphatic carbocycles. The highest BCUT2D eigenvalue weighted by Gasteiger charge is 2.15. The Morgan fingerprint density at radius 1 is 1.14 bits per heavy atom. The van der Waals surface area contributed by atoms with Crippen molar-refractivity contribution in [1.82, 2.24) is 0 Å². The molecular formula is C18H22BrNO. The van der Waals surface area contributed by atoms with Crippen LogP contribution in [0.1, 0.15) is 41.6 Å². The fraction of sp³-hybridized carbons (Fsp3) is 0.333. The molecule has 0 aliphatic rings. The molecule has 0 saturated heterocycles. The van der Waals surface area contributed by atoms with Gasteiger partial charge in [-0.2, -0.15) is 0 Å². The second kappa shape index (κ2) is 7.10. The lowest BCUT2D eigenvalue weighted by Gasteiger charge is -2.19. The Kier molecular flexibility index (Phi) is 5.43. The van der Waals surface area contributed by atoms with E-state index in [1.807, 2.05) is 24.3 Å². The Morgan fingerprint density at radius 2 is 1.76 bits per heavy atom. The van der Waals surface area contributed by atoms with Crippen molar-refractivity contribution in [3.8, 4) is 5.75 Å². The molecule has 2 aromatic rings. The van der Waals surface area contributed by atoms with Gasteiger partial charge >= 0.3 is 0 Å². The number of para-hydroxylation sites is 1. The minimum Gasteiger partial charge on any atom is -0.493 e. The maximum absolute atomic E-state index is 6.48. The van der Waals surface area contributed by atoms with Gasteiger partial charge in [-0.1, -0.05) is 53.2 Å². The van der Waals surface area contributed by atoms with Crippen LogP contribution in [0, 0.1) is 13.8 Å². The first-order chi connectivity index (χ1) is 10.0. The predicted molar refractivity (Wildman–Crippen MR) is 91.9 cm³/mol. The Balaban J connectivity index is 2.38. The van der Waals surface area contributed by atoms with Crippen molar-refractivity contribution >= 4 is 15.9 Å². The van der Waals surface area contributed by atoms with Crippen LogP contribution in [0.2, 0.25) is 0 Å². The molecule has 21 heavy (non-hydrogen) atoms. The minimum absolute atomic E-state index is 0.177. The third-order valence-electron chi connectivity index (χ3n) is 3.53. The molecule has 0 amide bonds. The van der Waals surface area contributed by atoms with E-state index in [1.165, 1.54) is 11.1 Å². The summed E-state index contributed by atoms with van der Waals surface area (Å²) in [6.07, 6.45) is 0.986. The molecule has 1 atom stereocenters. The van der Waals surface area contributed by atoms with E-state index in [0.29, 0.717) is 6.61 Å². The highest BCUT2D eigenvalue weighted by atomic mass is 79.9. The number of ether oxygens (including phenoxy) is 1. The summed E-state index contributed by atoms with van der Waals surface area (Å²) in [7, 11) is 0. The molecule has 0 aromatic heterocycles. The maximum atomic E-state index is 6.48. The van der Waals surface area contributed by atoms with Gasteiger partial charge in [0.25, 0.3) is 0 Å². The van der Waals surface area contributed by atoms with Crippen LogP contribution in [-0.4, -0.2) is 6.61 Å². The molecule has 0 aliphatic heterocycles. The van der Waals surface area contributed by atoms with Gasteiger partial charge in [-0.15, -0.1) is 0 Å². The Labute approximate surface area is 135 Å². The SMILES string of the molecule is CCCOc1ccccc1C(N)c1cc(C)c(Br)c(C)c1. The summed E-state index contributed by atoms with van der Waals surface area (Å²) in [6, 6.07) is 12.1. The Morgan fingerprint density at radius 3 is 2.38 bits per heavy atom. The van der Waals surface area contributed by atoms with E-state index in [-0.39, 0.29) is 6.04 Å². The molecule has 2 N–H and O–H groups in total. The van der Waals surface area contributed by atoms with Crippen LogP contribution in [0.15, 0.2) is 40.9 Å². The minimum atomic E-state index is -0.177. The smallest absolute Gasteiger partial charge is 0.124 e. The summed E-state index contributed by atoms with van der Waals surface area (Å²) in [4.78, 5) is 0. The molecule has 0 heterocycles. The summed E-state index contributed by atoms with van der Waals surface area (Å²) < 4.78 is 6.97. The number of hydrogen-bond donors (Lipinski definition) is 1. The number of halogens is 1. The lowest BCUT2D eigenvalue weighted by atomic mass is 9.96. The van der Waals surface area contributed by atoms with Crippen LogP contribution in [0.5, 0.6) is 5.75 Å². The number of rotatable bonds is 5. The van der Waals surface area contributed by atoms with Crippen LogP contribution >= 0.6 is 15.9 Å². The first-order valence-corrected chi connectivity index (χ1v) is 8.07. The average molecular weight is 348 g/mol. The van der Waals surface area contributed by atoms with Gasteiger partial charge in [-0.25, -0.2) is 0 Å². The highest BCUT2D eigenvalue weighted by Crippen LogP contribution is 2.31. The molecule has 0 radical (unpaired) electrons. The number of nitrogens with two attached hydrogens (primary N) is 1. The van der Waals surface area contributed by atoms with E-state index in [0.717, 1.165) is 27.8 Å². The number of aryl methyl sites for hydroxylation is 2. The molecule has 2 nitrogen and oxygen atoms in total. The van der Waals surface area contributed by atoms with Gasteiger partial charge in [-0.05, 0) is 43.0 Å². The van der Waals surface area contributed by atoms with Gasteiger partial charge in [0, 0.05) is 10.0 Å². The zero-order valence-corrected chi connectivity index (χ0v) is 14.4. The molecule has 112 valence electrons. The van der Waals surface area contributed by atoms with Crippen molar-refractivity contribution in [3.63, 3.8) is 0 Å². The van der Waals surface area contributed by atoms with Gasteiger partial charge in [-0.3, -0.25) is 0 Å². The molecule has 1 unspecified atom stereocenters. The standard InChI is InChI=1S/C18H22BrNO/c1-4-9-21-16-8-6-5-7-15(16)18(20)14-10-12(2)17(19)13(3)11-14/h5-8,10-11,18H,4,9,20H2,1-3H3. The molecule has 0 spiro atoms. The lowest BCUT2D eigenvalue weighted by molar-refractivity contribution is 0.313. The quantitative estimate of drug-likeness (QED) is 0.834. The van der Waals surface area contributed by atoms with Crippen LogP contribution < -0.4 is 10.5 Å². The molecule has 0 bridgehead atoms. The molecule has 0 fully saturated rings. The largest absolute Gasteiger partial charge is 0.493 e. The van der Waals surface area contributed by atoms with Gasteiger partial charge in [0.15, 0.2) is 0 Å². The third kappa shape index (κ3) is 3.66. The third-order valence-corrected chi connectivity index (χ3v) is 4.78. The van der Waals surface area contributed by atoms with Gasteiger partial charge in [0.1, 0.15) is 5.75 Å². The van der Waals surface area contributed by atoms with Crippen LogP contribution in [0.25, 0.3) is 0 Å². The maximum Gasteiger partial charge on any atom is 0.124 e. The van der Waals surface area contributed by atoms with Crippen molar-refractivity contribution in [2.24, 2.45) is 5.73 Å². The van der Waals surface area contributed by atoms with Crippen molar-refractivity contribution in [3.05, 3.63) is 63.1 Å². The molecule has 0 saturated carbocycles. The predicted octanol–water partition coefficient (Wildman–Crippen LogP) is 4.90. The number of benzene rings is 2. The fourth-order valence-corrected chi connectivity index (χ4v) is 2.65. The summed E-state index contributed by atoms with van der Waals surface area (Å²) in [5.41, 5.74) is 11.0. The fourth-order valence-electron chi connectivity index (χ4n) is 2.42. The van der Waals surface area contributed by atoms with E-state index in [4.69, 9.17) is 10.5 Å². The molecule has 2 aromatic carbocycles. The first-order valence-electron chi connectivity index (χ1n) is 7.28. The normalized spacial score (nSPS) is 12.2. The Bertz CT molecular complexity index is 601. The van der Waals surface area contributed by atoms with E-state index in [1.54, 1.807) is 0 Å². The van der Waals surface area contributed by atoms with Gasteiger partial charge in [0.2, 0.25) is 0 Å². The van der Waals surface area contributed by atoms with Crippen LogP contribution in [-0.2, 0) is 0 Å². The lowest BCUT2D eigenvalue weighted by Crippen LogP contribution is -2.14. The van der Waals surface area contributed by atoms with Crippen molar-refractivity contribution in [2.45, 2.75) is 33.2 Å². The van der Waals surface area contributed by atoms with E-state index in [9.17, 15) is 0 Å². The summed E-state index contributed by atoms with van der Waals surface area (Å²) >= 11 is 3.60. The Hall–Kier alpha value is -1.32. The highest BCUT2D eigenvalue weighted by molar-refractivity contribution is 9.10. The molecule has 2 rings (SSSR count). The molecule has 3 heteroatoms. The number of hydrogen-bond acceptors (Lipinski definition) is 2. The van der Waals surface area contributed by atoms with Crippen LogP contribution in [0.3, 0.4) is 0 Å². The summed E-state index contributed by atoms with van der Waals surface area (Å²) in [6.45, 7) is 6.99. The zero-order chi connectivity index (χ0) is 15.4. The van der Waals surface area contributed by atoms with Crippen molar-refractivity contribution in [1.29, 1.82) is 0 Å². The van der Waals surface area contributed by atoms with Crippen molar-refractivity contribution in [2.75, 3.05) is 6.61 Å². The monoisotopic (exact) mass is 347 g/mol. The second-order valence-corrected chi connectivity index (χ2v) is 6.13.